The summed E-state index contributed by atoms with van der Waals surface area (Å²) in [5.41, 5.74) is 1.10. The Kier molecular flexibility index (Phi) is 3.02. The standard InChI is InChI=1S/C12H14O3/c13-12(14)11-8-15-7-6-10(11)9-4-2-1-3-5-9/h1-5,10-11H,6-8H2,(H,13,14)/t10-,11-/m0/s1. The molecule has 1 heterocycles. The van der Waals surface area contributed by atoms with Gasteiger partial charge in [-0.2, -0.15) is 0 Å². The Bertz CT molecular complexity index is 334. The van der Waals surface area contributed by atoms with Gasteiger partial charge in [0.15, 0.2) is 0 Å². The first-order valence-corrected chi connectivity index (χ1v) is 5.14. The molecule has 1 aromatic carbocycles. The third-order valence-corrected chi connectivity index (χ3v) is 2.90. The highest BCUT2D eigenvalue weighted by molar-refractivity contribution is 5.71. The zero-order valence-electron chi connectivity index (χ0n) is 8.43. The van der Waals surface area contributed by atoms with Crippen molar-refractivity contribution >= 4 is 5.97 Å². The highest BCUT2D eigenvalue weighted by Gasteiger charge is 2.32. The van der Waals surface area contributed by atoms with Crippen molar-refractivity contribution in [2.24, 2.45) is 5.92 Å². The van der Waals surface area contributed by atoms with Crippen LogP contribution in [0.5, 0.6) is 0 Å². The lowest BCUT2D eigenvalue weighted by atomic mass is 9.83. The minimum absolute atomic E-state index is 0.0949. The summed E-state index contributed by atoms with van der Waals surface area (Å²) in [5, 5.41) is 9.09. The smallest absolute Gasteiger partial charge is 0.309 e. The monoisotopic (exact) mass is 206 g/mol. The Balaban J connectivity index is 2.22. The van der Waals surface area contributed by atoms with Gasteiger partial charge in [-0.05, 0) is 12.0 Å². The molecule has 0 aromatic heterocycles. The van der Waals surface area contributed by atoms with Crippen molar-refractivity contribution < 1.29 is 14.6 Å². The van der Waals surface area contributed by atoms with Gasteiger partial charge < -0.3 is 9.84 Å². The Morgan fingerprint density at radius 1 is 1.33 bits per heavy atom. The normalized spacial score (nSPS) is 26.1. The van der Waals surface area contributed by atoms with Gasteiger partial charge in [0.05, 0.1) is 12.5 Å². The van der Waals surface area contributed by atoms with Crippen LogP contribution in [0, 0.1) is 5.92 Å². The number of carboxylic acid groups (broad SMARTS) is 1. The van der Waals surface area contributed by atoms with Crippen molar-refractivity contribution in [3.63, 3.8) is 0 Å². The van der Waals surface area contributed by atoms with Crippen LogP contribution in [0.2, 0.25) is 0 Å². The number of rotatable bonds is 2. The van der Waals surface area contributed by atoms with Crippen molar-refractivity contribution in [3.05, 3.63) is 35.9 Å². The number of aliphatic carboxylic acids is 1. The fourth-order valence-corrected chi connectivity index (χ4v) is 2.08. The van der Waals surface area contributed by atoms with E-state index in [1.165, 1.54) is 0 Å². The van der Waals surface area contributed by atoms with Crippen molar-refractivity contribution in [1.29, 1.82) is 0 Å². The van der Waals surface area contributed by atoms with E-state index in [1.807, 2.05) is 30.3 Å². The highest BCUT2D eigenvalue weighted by Crippen LogP contribution is 2.31. The number of benzene rings is 1. The van der Waals surface area contributed by atoms with Crippen molar-refractivity contribution in [3.8, 4) is 0 Å². The SMILES string of the molecule is O=C(O)[C@H]1COCC[C@H]1c1ccccc1. The Morgan fingerprint density at radius 3 is 2.73 bits per heavy atom. The summed E-state index contributed by atoms with van der Waals surface area (Å²) in [7, 11) is 0. The lowest BCUT2D eigenvalue weighted by Crippen LogP contribution is -2.32. The summed E-state index contributed by atoms with van der Waals surface area (Å²) in [4.78, 5) is 11.1. The number of carbonyl (C=O) groups is 1. The topological polar surface area (TPSA) is 46.5 Å². The summed E-state index contributed by atoms with van der Waals surface area (Å²) in [6.45, 7) is 0.984. The zero-order chi connectivity index (χ0) is 10.7. The molecule has 0 saturated carbocycles. The van der Waals surface area contributed by atoms with Gasteiger partial charge in [-0.3, -0.25) is 4.79 Å². The van der Waals surface area contributed by atoms with E-state index in [0.29, 0.717) is 13.2 Å². The van der Waals surface area contributed by atoms with Crippen LogP contribution in [-0.4, -0.2) is 24.3 Å². The van der Waals surface area contributed by atoms with Gasteiger partial charge in [-0.25, -0.2) is 0 Å². The molecule has 80 valence electrons. The molecule has 1 fully saturated rings. The molecule has 3 nitrogen and oxygen atoms in total. The number of hydrogen-bond acceptors (Lipinski definition) is 2. The zero-order valence-corrected chi connectivity index (χ0v) is 8.43. The molecular formula is C12H14O3. The average molecular weight is 206 g/mol. The summed E-state index contributed by atoms with van der Waals surface area (Å²) in [5.74, 6) is -1.07. The highest BCUT2D eigenvalue weighted by atomic mass is 16.5. The van der Waals surface area contributed by atoms with Gasteiger partial charge in [0, 0.05) is 12.5 Å². The lowest BCUT2D eigenvalue weighted by Gasteiger charge is -2.28. The second-order valence-corrected chi connectivity index (χ2v) is 3.83. The second-order valence-electron chi connectivity index (χ2n) is 3.83. The van der Waals surface area contributed by atoms with Gasteiger partial charge in [0.2, 0.25) is 0 Å². The van der Waals surface area contributed by atoms with Crippen LogP contribution in [-0.2, 0) is 9.53 Å². The first-order valence-electron chi connectivity index (χ1n) is 5.14. The van der Waals surface area contributed by atoms with Crippen LogP contribution in [0.15, 0.2) is 30.3 Å². The Morgan fingerprint density at radius 2 is 2.07 bits per heavy atom. The maximum Gasteiger partial charge on any atom is 0.309 e. The molecule has 0 radical (unpaired) electrons. The molecule has 0 aliphatic carbocycles. The molecule has 2 rings (SSSR count). The van der Waals surface area contributed by atoms with E-state index in [9.17, 15) is 4.79 Å². The lowest BCUT2D eigenvalue weighted by molar-refractivity contribution is -0.147. The van der Waals surface area contributed by atoms with Crippen LogP contribution in [0.25, 0.3) is 0 Å². The van der Waals surface area contributed by atoms with E-state index >= 15 is 0 Å². The second kappa shape index (κ2) is 4.45. The molecule has 0 amide bonds. The quantitative estimate of drug-likeness (QED) is 0.803. The Labute approximate surface area is 88.7 Å². The third-order valence-electron chi connectivity index (χ3n) is 2.90. The number of ether oxygens (including phenoxy) is 1. The molecular weight excluding hydrogens is 192 g/mol. The summed E-state index contributed by atoms with van der Waals surface area (Å²) in [6, 6.07) is 9.82. The molecule has 15 heavy (non-hydrogen) atoms. The predicted molar refractivity (Wildman–Crippen MR) is 55.7 cm³/mol. The predicted octanol–water partition coefficient (Wildman–Crippen LogP) is 1.89. The molecule has 1 aliphatic heterocycles. The maximum absolute atomic E-state index is 11.1. The van der Waals surface area contributed by atoms with Crippen molar-refractivity contribution in [2.45, 2.75) is 12.3 Å². The van der Waals surface area contributed by atoms with E-state index in [4.69, 9.17) is 9.84 Å². The van der Waals surface area contributed by atoms with Crippen LogP contribution in [0.4, 0.5) is 0 Å². The molecule has 1 saturated heterocycles. The number of hydrogen-bond donors (Lipinski definition) is 1. The van der Waals surface area contributed by atoms with Crippen molar-refractivity contribution in [2.75, 3.05) is 13.2 Å². The fraction of sp³-hybridized carbons (Fsp3) is 0.417. The maximum atomic E-state index is 11.1. The van der Waals surface area contributed by atoms with E-state index in [2.05, 4.69) is 0 Å². The van der Waals surface area contributed by atoms with Crippen LogP contribution < -0.4 is 0 Å². The minimum atomic E-state index is -0.761. The molecule has 0 unspecified atom stereocenters. The molecule has 2 atom stereocenters. The summed E-state index contributed by atoms with van der Waals surface area (Å²) >= 11 is 0. The Hall–Kier alpha value is -1.35. The van der Waals surface area contributed by atoms with E-state index < -0.39 is 11.9 Å². The van der Waals surface area contributed by atoms with E-state index in [0.717, 1.165) is 12.0 Å². The fourth-order valence-electron chi connectivity index (χ4n) is 2.08. The van der Waals surface area contributed by atoms with Crippen LogP contribution in [0.1, 0.15) is 17.9 Å². The average Bonchev–Trinajstić information content (AvgIpc) is 2.30. The summed E-state index contributed by atoms with van der Waals surface area (Å²) in [6.07, 6.45) is 0.793. The van der Waals surface area contributed by atoms with E-state index in [-0.39, 0.29) is 5.92 Å². The van der Waals surface area contributed by atoms with E-state index in [1.54, 1.807) is 0 Å². The molecule has 0 bridgehead atoms. The molecule has 1 aliphatic rings. The van der Waals surface area contributed by atoms with Gasteiger partial charge >= 0.3 is 5.97 Å². The van der Waals surface area contributed by atoms with Crippen molar-refractivity contribution in [1.82, 2.24) is 0 Å². The molecule has 0 spiro atoms. The molecule has 1 N–H and O–H groups in total. The van der Waals surface area contributed by atoms with Gasteiger partial charge in [-0.1, -0.05) is 30.3 Å². The van der Waals surface area contributed by atoms with Gasteiger partial charge in [0.1, 0.15) is 0 Å². The molecule has 3 heteroatoms. The number of carboxylic acids is 1. The third kappa shape index (κ3) is 2.18. The minimum Gasteiger partial charge on any atom is -0.481 e. The van der Waals surface area contributed by atoms with Crippen LogP contribution >= 0.6 is 0 Å². The first-order chi connectivity index (χ1) is 7.29. The van der Waals surface area contributed by atoms with Gasteiger partial charge in [0.25, 0.3) is 0 Å². The molecule has 1 aromatic rings. The van der Waals surface area contributed by atoms with Gasteiger partial charge in [-0.15, -0.1) is 0 Å². The largest absolute Gasteiger partial charge is 0.481 e. The van der Waals surface area contributed by atoms with Crippen LogP contribution in [0.3, 0.4) is 0 Å². The summed E-state index contributed by atoms with van der Waals surface area (Å²) < 4.78 is 5.21. The first kappa shape index (κ1) is 10.2.